The highest BCUT2D eigenvalue weighted by Crippen LogP contribution is 2.20. The van der Waals surface area contributed by atoms with Gasteiger partial charge in [0.15, 0.2) is 5.65 Å². The summed E-state index contributed by atoms with van der Waals surface area (Å²) >= 11 is 7.71. The number of rotatable bonds is 3. The van der Waals surface area contributed by atoms with Gasteiger partial charge >= 0.3 is 0 Å². The van der Waals surface area contributed by atoms with Gasteiger partial charge < -0.3 is 4.57 Å². The Morgan fingerprint density at radius 2 is 2.17 bits per heavy atom. The average Bonchev–Trinajstić information content (AvgIpc) is 2.98. The molecule has 0 saturated heterocycles. The Hall–Kier alpha value is -1.39. The quantitative estimate of drug-likeness (QED) is 0.685. The van der Waals surface area contributed by atoms with Crippen LogP contribution < -0.4 is 0 Å². The summed E-state index contributed by atoms with van der Waals surface area (Å²) in [6, 6.07) is 8.14. The first kappa shape index (κ1) is 11.7. The molecule has 0 radical (unpaired) electrons. The van der Waals surface area contributed by atoms with Crippen molar-refractivity contribution in [2.45, 2.75) is 19.3 Å². The van der Waals surface area contributed by atoms with Gasteiger partial charge in [-0.25, -0.2) is 9.97 Å². The molecule has 3 rings (SSSR count). The molecule has 0 atom stereocenters. The first-order chi connectivity index (χ1) is 8.78. The molecule has 0 aliphatic carbocycles. The summed E-state index contributed by atoms with van der Waals surface area (Å²) in [6.07, 6.45) is 0. The summed E-state index contributed by atoms with van der Waals surface area (Å²) < 4.78 is 2.10. The third-order valence-electron chi connectivity index (χ3n) is 2.82. The Balaban J connectivity index is 2.15. The molecule has 0 unspecified atom stereocenters. The lowest BCUT2D eigenvalue weighted by molar-refractivity contribution is 0.779. The largest absolute Gasteiger partial charge is 0.306 e. The number of pyridine rings is 1. The number of imidazole rings is 1. The molecule has 0 fully saturated rings. The second-order valence-electron chi connectivity index (χ2n) is 4.12. The molecule has 0 bridgehead atoms. The van der Waals surface area contributed by atoms with Gasteiger partial charge in [-0.3, -0.25) is 0 Å². The topological polar surface area (TPSA) is 30.7 Å². The molecule has 18 heavy (non-hydrogen) atoms. The van der Waals surface area contributed by atoms with Crippen molar-refractivity contribution in [2.24, 2.45) is 0 Å². The lowest BCUT2D eigenvalue weighted by Crippen LogP contribution is -2.03. The van der Waals surface area contributed by atoms with Gasteiger partial charge in [-0.05, 0) is 30.5 Å². The molecule has 0 N–H and O–H groups in total. The van der Waals surface area contributed by atoms with E-state index in [0.717, 1.165) is 29.2 Å². The number of hydrogen-bond acceptors (Lipinski definition) is 3. The van der Waals surface area contributed by atoms with Crippen LogP contribution in [0.25, 0.3) is 11.2 Å². The number of aryl methyl sites for hydroxylation is 1. The Bertz CT molecular complexity index is 673. The molecule has 0 aromatic carbocycles. The van der Waals surface area contributed by atoms with Gasteiger partial charge in [0.2, 0.25) is 0 Å². The van der Waals surface area contributed by atoms with Crippen LogP contribution in [0.3, 0.4) is 0 Å². The molecule has 3 nitrogen and oxygen atoms in total. The molecule has 5 heteroatoms. The van der Waals surface area contributed by atoms with E-state index in [-0.39, 0.29) is 0 Å². The van der Waals surface area contributed by atoms with E-state index in [1.165, 1.54) is 4.88 Å². The summed E-state index contributed by atoms with van der Waals surface area (Å²) in [5, 5.41) is 2.08. The van der Waals surface area contributed by atoms with Crippen molar-refractivity contribution in [3.63, 3.8) is 0 Å². The predicted octanol–water partition coefficient (Wildman–Crippen LogP) is 3.59. The second-order valence-corrected chi connectivity index (χ2v) is 5.42. The van der Waals surface area contributed by atoms with Gasteiger partial charge in [-0.1, -0.05) is 6.07 Å². The highest BCUT2D eigenvalue weighted by atomic mass is 35.5. The van der Waals surface area contributed by atoms with E-state index in [4.69, 9.17) is 11.6 Å². The van der Waals surface area contributed by atoms with Gasteiger partial charge in [0.25, 0.3) is 0 Å². The number of thiophene rings is 1. The number of halogens is 1. The van der Waals surface area contributed by atoms with Crippen LogP contribution in [0.4, 0.5) is 0 Å². The van der Waals surface area contributed by atoms with Crippen molar-refractivity contribution in [3.8, 4) is 0 Å². The Labute approximate surface area is 114 Å². The third-order valence-corrected chi connectivity index (χ3v) is 3.92. The summed E-state index contributed by atoms with van der Waals surface area (Å²) in [6.45, 7) is 2.77. The third kappa shape index (κ3) is 2.02. The Kier molecular flexibility index (Phi) is 3.06. The fraction of sp³-hybridized carbons (Fsp3) is 0.231. The van der Waals surface area contributed by atoms with Crippen LogP contribution in [-0.2, 0) is 12.4 Å². The van der Waals surface area contributed by atoms with Crippen LogP contribution in [0.15, 0.2) is 29.6 Å². The van der Waals surface area contributed by atoms with E-state index in [2.05, 4.69) is 32.0 Å². The van der Waals surface area contributed by atoms with E-state index < -0.39 is 0 Å². The van der Waals surface area contributed by atoms with Crippen LogP contribution in [0.2, 0.25) is 0 Å². The van der Waals surface area contributed by atoms with Crippen LogP contribution in [0, 0.1) is 6.92 Å². The molecule has 92 valence electrons. The maximum atomic E-state index is 5.98. The molecule has 0 amide bonds. The molecule has 3 aromatic heterocycles. The Morgan fingerprint density at radius 3 is 2.89 bits per heavy atom. The maximum Gasteiger partial charge on any atom is 0.160 e. The highest BCUT2D eigenvalue weighted by Gasteiger charge is 2.12. The molecule has 3 aromatic rings. The highest BCUT2D eigenvalue weighted by molar-refractivity contribution is 7.09. The van der Waals surface area contributed by atoms with E-state index in [1.807, 2.05) is 19.1 Å². The fourth-order valence-corrected chi connectivity index (χ4v) is 2.87. The smallest absolute Gasteiger partial charge is 0.160 e. The summed E-state index contributed by atoms with van der Waals surface area (Å²) in [4.78, 5) is 10.4. The summed E-state index contributed by atoms with van der Waals surface area (Å²) in [7, 11) is 0. The van der Waals surface area contributed by atoms with Gasteiger partial charge in [0.05, 0.1) is 12.4 Å². The lowest BCUT2D eigenvalue weighted by atomic mass is 10.3. The van der Waals surface area contributed by atoms with Crippen molar-refractivity contribution >= 4 is 34.1 Å². The standard InChI is InChI=1S/C13H12ClN3S/c1-9-4-5-11-13(15-9)17(12(7-14)16-11)8-10-3-2-6-18-10/h2-6H,7-8H2,1H3. The molecule has 0 aliphatic rings. The minimum atomic E-state index is 0.404. The van der Waals surface area contributed by atoms with Crippen molar-refractivity contribution < 1.29 is 0 Å². The summed E-state index contributed by atoms with van der Waals surface area (Å²) in [5.74, 6) is 1.28. The minimum Gasteiger partial charge on any atom is -0.306 e. The first-order valence-electron chi connectivity index (χ1n) is 5.69. The summed E-state index contributed by atoms with van der Waals surface area (Å²) in [5.41, 5.74) is 2.82. The zero-order valence-electron chi connectivity index (χ0n) is 9.93. The van der Waals surface area contributed by atoms with Gasteiger partial charge in [-0.15, -0.1) is 22.9 Å². The lowest BCUT2D eigenvalue weighted by Gasteiger charge is -2.05. The van der Waals surface area contributed by atoms with Crippen LogP contribution in [0.1, 0.15) is 16.4 Å². The Morgan fingerprint density at radius 1 is 1.28 bits per heavy atom. The average molecular weight is 278 g/mol. The van der Waals surface area contributed by atoms with Gasteiger partial charge in [-0.2, -0.15) is 0 Å². The number of aromatic nitrogens is 3. The molecule has 0 saturated carbocycles. The van der Waals surface area contributed by atoms with Gasteiger partial charge in [0.1, 0.15) is 11.3 Å². The van der Waals surface area contributed by atoms with E-state index >= 15 is 0 Å². The number of alkyl halides is 1. The molecular weight excluding hydrogens is 266 g/mol. The number of nitrogens with zero attached hydrogens (tertiary/aromatic N) is 3. The van der Waals surface area contributed by atoms with E-state index in [0.29, 0.717) is 5.88 Å². The predicted molar refractivity (Wildman–Crippen MR) is 75.2 cm³/mol. The monoisotopic (exact) mass is 277 g/mol. The zero-order valence-corrected chi connectivity index (χ0v) is 11.5. The first-order valence-corrected chi connectivity index (χ1v) is 7.10. The van der Waals surface area contributed by atoms with Crippen LogP contribution in [-0.4, -0.2) is 14.5 Å². The molecule has 0 spiro atoms. The molecular formula is C13H12ClN3S. The van der Waals surface area contributed by atoms with E-state index in [9.17, 15) is 0 Å². The number of fused-ring (bicyclic) bond motifs is 1. The van der Waals surface area contributed by atoms with Crippen LogP contribution in [0.5, 0.6) is 0 Å². The maximum absolute atomic E-state index is 5.98. The zero-order chi connectivity index (χ0) is 12.5. The van der Waals surface area contributed by atoms with Crippen molar-refractivity contribution in [3.05, 3.63) is 46.0 Å². The van der Waals surface area contributed by atoms with Crippen molar-refractivity contribution in [1.29, 1.82) is 0 Å². The fourth-order valence-electron chi connectivity index (χ4n) is 1.97. The molecule has 0 aliphatic heterocycles. The number of hydrogen-bond donors (Lipinski definition) is 0. The van der Waals surface area contributed by atoms with E-state index in [1.54, 1.807) is 11.3 Å². The molecule has 3 heterocycles. The normalized spacial score (nSPS) is 11.2. The SMILES string of the molecule is Cc1ccc2nc(CCl)n(Cc3cccs3)c2n1. The minimum absolute atomic E-state index is 0.404. The second kappa shape index (κ2) is 4.71. The van der Waals surface area contributed by atoms with Crippen LogP contribution >= 0.6 is 22.9 Å². The van der Waals surface area contributed by atoms with Gasteiger partial charge in [0, 0.05) is 10.6 Å². The van der Waals surface area contributed by atoms with Crippen molar-refractivity contribution in [1.82, 2.24) is 14.5 Å². The van der Waals surface area contributed by atoms with Crippen molar-refractivity contribution in [2.75, 3.05) is 0 Å².